The van der Waals surface area contributed by atoms with E-state index in [0.29, 0.717) is 11.6 Å². The maximum absolute atomic E-state index is 3.32. The Morgan fingerprint density at radius 3 is 2.27 bits per heavy atom. The molecule has 0 aromatic heterocycles. The van der Waals surface area contributed by atoms with E-state index >= 15 is 0 Å². The first-order chi connectivity index (χ1) is 5.04. The number of rotatable bonds is 1. The van der Waals surface area contributed by atoms with Crippen LogP contribution in [0.25, 0.3) is 0 Å². The van der Waals surface area contributed by atoms with Gasteiger partial charge in [0.1, 0.15) is 0 Å². The van der Waals surface area contributed by atoms with Crippen LogP contribution in [0, 0.1) is 0 Å². The summed E-state index contributed by atoms with van der Waals surface area (Å²) in [6.07, 6.45) is 1.30. The number of likely N-dealkylation sites (tertiary alicyclic amines) is 1. The van der Waals surface area contributed by atoms with Gasteiger partial charge in [0, 0.05) is 24.7 Å². The maximum Gasteiger partial charge on any atom is 0.0204 e. The molecule has 1 rings (SSSR count). The highest BCUT2D eigenvalue weighted by Crippen LogP contribution is 2.19. The minimum Gasteiger partial charge on any atom is -0.316 e. The van der Waals surface area contributed by atoms with Gasteiger partial charge in [-0.2, -0.15) is 0 Å². The molecule has 1 atom stereocenters. The van der Waals surface area contributed by atoms with Crippen molar-refractivity contribution in [1.29, 1.82) is 0 Å². The highest BCUT2D eigenvalue weighted by Gasteiger charge is 2.28. The zero-order valence-corrected chi connectivity index (χ0v) is 8.15. The molecule has 0 saturated carbocycles. The van der Waals surface area contributed by atoms with E-state index in [1.54, 1.807) is 0 Å². The molecule has 1 aliphatic heterocycles. The number of nitrogens with one attached hydrogen (secondary N) is 1. The van der Waals surface area contributed by atoms with Crippen molar-refractivity contribution in [1.82, 2.24) is 10.2 Å². The molecular formula is C9H20N2. The second-order valence-corrected chi connectivity index (χ2v) is 4.39. The Bertz CT molecular complexity index is 126. The Morgan fingerprint density at radius 2 is 2.00 bits per heavy atom. The zero-order chi connectivity index (χ0) is 8.48. The highest BCUT2D eigenvalue weighted by molar-refractivity contribution is 4.87. The molecule has 1 saturated heterocycles. The van der Waals surface area contributed by atoms with Crippen LogP contribution < -0.4 is 5.32 Å². The molecule has 1 N–H and O–H groups in total. The molecule has 0 aromatic carbocycles. The summed E-state index contributed by atoms with van der Waals surface area (Å²) in [5.41, 5.74) is 0.353. The van der Waals surface area contributed by atoms with Gasteiger partial charge < -0.3 is 5.32 Å². The Kier molecular flexibility index (Phi) is 2.55. The molecule has 1 heterocycles. The summed E-state index contributed by atoms with van der Waals surface area (Å²) in [7, 11) is 2.05. The van der Waals surface area contributed by atoms with Gasteiger partial charge in [-0.1, -0.05) is 0 Å². The third-order valence-corrected chi connectivity index (χ3v) is 2.55. The molecule has 0 aromatic rings. The average Bonchev–Trinajstić information content (AvgIpc) is 2.32. The van der Waals surface area contributed by atoms with E-state index in [4.69, 9.17) is 0 Å². The van der Waals surface area contributed by atoms with E-state index in [1.165, 1.54) is 19.5 Å². The van der Waals surface area contributed by atoms with E-state index < -0.39 is 0 Å². The van der Waals surface area contributed by atoms with Gasteiger partial charge in [0.25, 0.3) is 0 Å². The van der Waals surface area contributed by atoms with E-state index in [0.717, 1.165) is 0 Å². The molecule has 1 aliphatic rings. The summed E-state index contributed by atoms with van der Waals surface area (Å²) in [5.74, 6) is 0. The summed E-state index contributed by atoms with van der Waals surface area (Å²) in [6, 6.07) is 0.717. The monoisotopic (exact) mass is 156 g/mol. The van der Waals surface area contributed by atoms with Crippen LogP contribution in [0.5, 0.6) is 0 Å². The zero-order valence-electron chi connectivity index (χ0n) is 8.15. The number of likely N-dealkylation sites (N-methyl/N-ethyl adjacent to an activating group) is 1. The van der Waals surface area contributed by atoms with Crippen LogP contribution in [0.2, 0.25) is 0 Å². The van der Waals surface area contributed by atoms with Crippen molar-refractivity contribution in [3.8, 4) is 0 Å². The first kappa shape index (κ1) is 9.01. The maximum atomic E-state index is 3.32. The number of hydrogen-bond acceptors (Lipinski definition) is 2. The molecule has 66 valence electrons. The lowest BCUT2D eigenvalue weighted by Crippen LogP contribution is -2.41. The Labute approximate surface area is 70.0 Å². The van der Waals surface area contributed by atoms with Crippen LogP contribution in [0.4, 0.5) is 0 Å². The smallest absolute Gasteiger partial charge is 0.0204 e. The molecule has 0 radical (unpaired) electrons. The molecule has 2 nitrogen and oxygen atoms in total. The lowest BCUT2D eigenvalue weighted by Gasteiger charge is -2.31. The summed E-state index contributed by atoms with van der Waals surface area (Å²) in [4.78, 5) is 2.54. The predicted molar refractivity (Wildman–Crippen MR) is 48.8 cm³/mol. The van der Waals surface area contributed by atoms with E-state index in [2.05, 4.69) is 38.0 Å². The Morgan fingerprint density at radius 1 is 1.36 bits per heavy atom. The van der Waals surface area contributed by atoms with Gasteiger partial charge in [0.15, 0.2) is 0 Å². The fourth-order valence-electron chi connectivity index (χ4n) is 1.61. The van der Waals surface area contributed by atoms with Gasteiger partial charge in [-0.15, -0.1) is 0 Å². The van der Waals surface area contributed by atoms with Crippen molar-refractivity contribution in [2.45, 2.75) is 38.8 Å². The minimum absolute atomic E-state index is 0.353. The van der Waals surface area contributed by atoms with Gasteiger partial charge in [-0.3, -0.25) is 4.90 Å². The molecule has 0 bridgehead atoms. The quantitative estimate of drug-likeness (QED) is 0.611. The lowest BCUT2D eigenvalue weighted by atomic mass is 10.1. The molecule has 11 heavy (non-hydrogen) atoms. The predicted octanol–water partition coefficient (Wildman–Crippen LogP) is 1.08. The van der Waals surface area contributed by atoms with E-state index in [1.807, 2.05) is 0 Å². The number of hydrogen-bond donors (Lipinski definition) is 1. The van der Waals surface area contributed by atoms with Crippen LogP contribution >= 0.6 is 0 Å². The van der Waals surface area contributed by atoms with Crippen LogP contribution in [-0.4, -0.2) is 36.6 Å². The summed E-state index contributed by atoms with van der Waals surface area (Å²) < 4.78 is 0. The Balaban J connectivity index is 2.42. The van der Waals surface area contributed by atoms with Gasteiger partial charge in [-0.05, 0) is 34.2 Å². The van der Waals surface area contributed by atoms with Crippen molar-refractivity contribution in [3.05, 3.63) is 0 Å². The molecule has 0 aliphatic carbocycles. The van der Waals surface area contributed by atoms with Crippen LogP contribution in [0.15, 0.2) is 0 Å². The van der Waals surface area contributed by atoms with Crippen molar-refractivity contribution in [2.24, 2.45) is 0 Å². The standard InChI is InChI=1S/C9H20N2/c1-9(2,3)11-6-5-8(7-11)10-4/h8,10H,5-7H2,1-4H3. The molecule has 2 heteroatoms. The average molecular weight is 156 g/mol. The summed E-state index contributed by atoms with van der Waals surface area (Å²) in [6.45, 7) is 9.30. The topological polar surface area (TPSA) is 15.3 Å². The summed E-state index contributed by atoms with van der Waals surface area (Å²) in [5, 5.41) is 3.32. The first-order valence-corrected chi connectivity index (χ1v) is 4.46. The fraction of sp³-hybridized carbons (Fsp3) is 1.00. The third kappa shape index (κ3) is 2.17. The number of nitrogens with zero attached hydrogens (tertiary/aromatic N) is 1. The minimum atomic E-state index is 0.353. The van der Waals surface area contributed by atoms with Crippen LogP contribution in [0.3, 0.4) is 0 Å². The van der Waals surface area contributed by atoms with Crippen molar-refractivity contribution in [2.75, 3.05) is 20.1 Å². The highest BCUT2D eigenvalue weighted by atomic mass is 15.2. The van der Waals surface area contributed by atoms with E-state index in [-0.39, 0.29) is 0 Å². The summed E-state index contributed by atoms with van der Waals surface area (Å²) >= 11 is 0. The third-order valence-electron chi connectivity index (χ3n) is 2.55. The van der Waals surface area contributed by atoms with Crippen LogP contribution in [0.1, 0.15) is 27.2 Å². The second-order valence-electron chi connectivity index (χ2n) is 4.39. The molecule has 0 spiro atoms. The Hall–Kier alpha value is -0.0800. The van der Waals surface area contributed by atoms with Gasteiger partial charge in [-0.25, -0.2) is 0 Å². The molecular weight excluding hydrogens is 136 g/mol. The van der Waals surface area contributed by atoms with Crippen molar-refractivity contribution in [3.63, 3.8) is 0 Å². The first-order valence-electron chi connectivity index (χ1n) is 4.46. The molecule has 1 unspecified atom stereocenters. The molecule has 1 fully saturated rings. The van der Waals surface area contributed by atoms with Gasteiger partial charge in [0.05, 0.1) is 0 Å². The van der Waals surface area contributed by atoms with E-state index in [9.17, 15) is 0 Å². The fourth-order valence-corrected chi connectivity index (χ4v) is 1.61. The van der Waals surface area contributed by atoms with Crippen LogP contribution in [-0.2, 0) is 0 Å². The normalized spacial score (nSPS) is 27.8. The molecule has 0 amide bonds. The van der Waals surface area contributed by atoms with Crippen molar-refractivity contribution < 1.29 is 0 Å². The lowest BCUT2D eigenvalue weighted by molar-refractivity contribution is 0.171. The largest absolute Gasteiger partial charge is 0.316 e. The second kappa shape index (κ2) is 3.11. The van der Waals surface area contributed by atoms with Crippen molar-refractivity contribution >= 4 is 0 Å². The van der Waals surface area contributed by atoms with Gasteiger partial charge >= 0.3 is 0 Å². The van der Waals surface area contributed by atoms with Gasteiger partial charge in [0.2, 0.25) is 0 Å². The SMILES string of the molecule is CNC1CCN(C(C)(C)C)C1.